The van der Waals surface area contributed by atoms with Gasteiger partial charge in [0.1, 0.15) is 2.87 Å². The third-order valence-electron chi connectivity index (χ3n) is 0.155. The van der Waals surface area contributed by atoms with E-state index in [4.69, 9.17) is 11.6 Å². The zero-order chi connectivity index (χ0) is 5.15. The van der Waals surface area contributed by atoms with Crippen molar-refractivity contribution in [2.24, 2.45) is 0 Å². The summed E-state index contributed by atoms with van der Waals surface area (Å²) in [6.45, 7) is 0. The molecule has 0 spiro atoms. The van der Waals surface area contributed by atoms with Crippen molar-refractivity contribution in [1.82, 2.24) is 0 Å². The number of thiocarbonyl (C=S) groups is 1. The molecule has 0 heterocycles. The fraction of sp³-hybridized carbons (Fsp3) is 0. The zero-order valence-electron chi connectivity index (χ0n) is 2.57. The molecule has 0 unspecified atom stereocenters. The van der Waals surface area contributed by atoms with Crippen molar-refractivity contribution < 1.29 is 4.79 Å². The van der Waals surface area contributed by atoms with Crippen LogP contribution in [-0.4, -0.2) is 8.11 Å². The number of hydrogen-bond acceptors (Lipinski definition) is 2. The number of rotatable bonds is 1. The van der Waals surface area contributed by atoms with Gasteiger partial charge in [-0.1, -0.05) is 12.2 Å². The Kier molecular flexibility index (Phi) is 3.25. The van der Waals surface area contributed by atoms with Crippen LogP contribution in [0.15, 0.2) is 0 Å². The molecular weight excluding hydrogens is 234 g/mol. The molecule has 0 bridgehead atoms. The van der Waals surface area contributed by atoms with Crippen LogP contribution in [0.3, 0.4) is 0 Å². The predicted molar refractivity (Wildman–Crippen MR) is 37.5 cm³/mol. The van der Waals surface area contributed by atoms with Crippen LogP contribution in [0.4, 0.5) is 0 Å². The van der Waals surface area contributed by atoms with Crippen LogP contribution in [0.1, 0.15) is 0 Å². The lowest BCUT2D eigenvalue weighted by Gasteiger charge is -1.72. The largest absolute Gasteiger partial charge is 0.274 e. The van der Waals surface area contributed by atoms with Crippen molar-refractivity contribution in [3.8, 4) is 0 Å². The molecule has 0 aromatic rings. The molecule has 0 aliphatic carbocycles. The van der Waals surface area contributed by atoms with Crippen LogP contribution in [0.5, 0.6) is 0 Å². The summed E-state index contributed by atoms with van der Waals surface area (Å²) in [5.74, 6) is 0. The Hall–Kier alpha value is 0.780. The maximum atomic E-state index is 9.76. The van der Waals surface area contributed by atoms with Crippen LogP contribution in [0, 0.1) is 0 Å². The standard InChI is InChI=1S/C2ClIOS/c3-1(5)2(4)6. The first kappa shape index (κ1) is 6.78. The SMILES string of the molecule is O=C(Cl)C(=S)I. The van der Waals surface area contributed by atoms with E-state index in [0.29, 0.717) is 0 Å². The Labute approximate surface area is 59.2 Å². The van der Waals surface area contributed by atoms with Crippen molar-refractivity contribution in [2.45, 2.75) is 0 Å². The number of halogens is 2. The van der Waals surface area contributed by atoms with Crippen LogP contribution in [0.25, 0.3) is 0 Å². The Morgan fingerprint density at radius 1 is 1.83 bits per heavy atom. The summed E-state index contributed by atoms with van der Waals surface area (Å²) in [6, 6.07) is 0. The minimum atomic E-state index is -0.550. The van der Waals surface area contributed by atoms with Gasteiger partial charge in [-0.2, -0.15) is 0 Å². The number of carbonyl (C=O) groups excluding carboxylic acids is 1. The Balaban J connectivity index is 3.57. The topological polar surface area (TPSA) is 17.1 Å². The molecule has 0 atom stereocenters. The highest BCUT2D eigenvalue weighted by Crippen LogP contribution is 1.93. The van der Waals surface area contributed by atoms with E-state index in [1.807, 2.05) is 0 Å². The van der Waals surface area contributed by atoms with Gasteiger partial charge in [0.15, 0.2) is 0 Å². The fourth-order valence-electron chi connectivity index (χ4n) is 0. The first-order valence-electron chi connectivity index (χ1n) is 1.04. The minimum absolute atomic E-state index is 0.189. The molecule has 0 fully saturated rings. The lowest BCUT2D eigenvalue weighted by molar-refractivity contribution is -0.105. The van der Waals surface area contributed by atoms with Crippen LogP contribution >= 0.6 is 46.4 Å². The van der Waals surface area contributed by atoms with Crippen LogP contribution in [0.2, 0.25) is 0 Å². The predicted octanol–water partition coefficient (Wildman–Crippen LogP) is 1.51. The van der Waals surface area contributed by atoms with E-state index in [1.54, 1.807) is 22.6 Å². The summed E-state index contributed by atoms with van der Waals surface area (Å²) >= 11 is 10.8. The van der Waals surface area contributed by atoms with E-state index < -0.39 is 5.24 Å². The second-order valence-electron chi connectivity index (χ2n) is 0.547. The Bertz CT molecular complexity index is 79.5. The van der Waals surface area contributed by atoms with E-state index in [1.165, 1.54) is 0 Å². The van der Waals surface area contributed by atoms with Crippen molar-refractivity contribution in [3.63, 3.8) is 0 Å². The molecule has 0 aliphatic heterocycles. The quantitative estimate of drug-likeness (QED) is 0.389. The van der Waals surface area contributed by atoms with E-state index in [9.17, 15) is 4.79 Å². The van der Waals surface area contributed by atoms with Gasteiger partial charge in [-0.15, -0.1) is 0 Å². The summed E-state index contributed by atoms with van der Waals surface area (Å²) in [5.41, 5.74) is 0. The molecule has 6 heavy (non-hydrogen) atoms. The fourth-order valence-corrected chi connectivity index (χ4v) is 0. The van der Waals surface area contributed by atoms with Crippen molar-refractivity contribution in [3.05, 3.63) is 0 Å². The molecule has 0 saturated heterocycles. The molecule has 0 rings (SSSR count). The molecule has 0 saturated carbocycles. The average Bonchev–Trinajstić information content (AvgIpc) is 1.36. The molecule has 0 aromatic heterocycles. The maximum Gasteiger partial charge on any atom is 0.269 e. The third-order valence-corrected chi connectivity index (χ3v) is 1.45. The molecule has 0 amide bonds. The van der Waals surface area contributed by atoms with Gasteiger partial charge >= 0.3 is 0 Å². The highest BCUT2D eigenvalue weighted by molar-refractivity contribution is 14.1. The van der Waals surface area contributed by atoms with E-state index >= 15 is 0 Å². The van der Waals surface area contributed by atoms with Gasteiger partial charge in [-0.05, 0) is 34.2 Å². The molecule has 34 valence electrons. The molecule has 4 heteroatoms. The van der Waals surface area contributed by atoms with Gasteiger partial charge in [-0.25, -0.2) is 0 Å². The van der Waals surface area contributed by atoms with Crippen LogP contribution < -0.4 is 0 Å². The number of hydrogen-bond donors (Lipinski definition) is 0. The lowest BCUT2D eigenvalue weighted by atomic mass is 10.9. The highest BCUT2D eigenvalue weighted by atomic mass is 127. The molecule has 0 aromatic carbocycles. The number of carbonyl (C=O) groups is 1. The molecule has 0 aliphatic rings. The second-order valence-corrected chi connectivity index (χ2v) is 3.11. The first-order chi connectivity index (χ1) is 2.64. The molecule has 0 radical (unpaired) electrons. The third kappa shape index (κ3) is 2.99. The van der Waals surface area contributed by atoms with Crippen LogP contribution in [-0.2, 0) is 4.79 Å². The monoisotopic (exact) mass is 234 g/mol. The summed E-state index contributed by atoms with van der Waals surface area (Å²) in [7, 11) is 0. The molecule has 0 N–H and O–H groups in total. The summed E-state index contributed by atoms with van der Waals surface area (Å²) in [4.78, 5) is 9.76. The molecule has 1 nitrogen and oxygen atoms in total. The van der Waals surface area contributed by atoms with Crippen molar-refractivity contribution in [2.75, 3.05) is 0 Å². The highest BCUT2D eigenvalue weighted by Gasteiger charge is 1.95. The smallest absolute Gasteiger partial charge is 0.269 e. The minimum Gasteiger partial charge on any atom is -0.274 e. The summed E-state index contributed by atoms with van der Waals surface area (Å²) < 4.78 is 0.189. The van der Waals surface area contributed by atoms with E-state index in [2.05, 4.69) is 12.2 Å². The van der Waals surface area contributed by atoms with Gasteiger partial charge in [0.05, 0.1) is 0 Å². The Morgan fingerprint density at radius 2 is 2.00 bits per heavy atom. The average molecular weight is 234 g/mol. The molecular formula is C2ClIOS. The normalized spacial score (nSPS) is 7.67. The van der Waals surface area contributed by atoms with Crippen molar-refractivity contribution in [1.29, 1.82) is 0 Å². The van der Waals surface area contributed by atoms with Crippen molar-refractivity contribution >= 4 is 54.5 Å². The lowest BCUT2D eigenvalue weighted by Crippen LogP contribution is -1.89. The van der Waals surface area contributed by atoms with Gasteiger partial charge in [0, 0.05) is 0 Å². The second kappa shape index (κ2) is 2.87. The summed E-state index contributed by atoms with van der Waals surface area (Å²) in [5, 5.41) is -0.550. The Morgan fingerprint density at radius 3 is 2.00 bits per heavy atom. The maximum absolute atomic E-state index is 9.76. The first-order valence-corrected chi connectivity index (χ1v) is 2.90. The van der Waals surface area contributed by atoms with Gasteiger partial charge in [-0.3, -0.25) is 4.79 Å². The van der Waals surface area contributed by atoms with E-state index in [0.717, 1.165) is 0 Å². The summed E-state index contributed by atoms with van der Waals surface area (Å²) in [6.07, 6.45) is 0. The van der Waals surface area contributed by atoms with E-state index in [-0.39, 0.29) is 2.87 Å². The van der Waals surface area contributed by atoms with Gasteiger partial charge < -0.3 is 0 Å². The zero-order valence-corrected chi connectivity index (χ0v) is 6.30. The van der Waals surface area contributed by atoms with Gasteiger partial charge in [0.2, 0.25) is 0 Å². The van der Waals surface area contributed by atoms with Gasteiger partial charge in [0.25, 0.3) is 5.24 Å².